The zero-order valence-electron chi connectivity index (χ0n) is 24.6. The molecule has 40 heavy (non-hydrogen) atoms. The molecule has 5 rings (SSSR count). The van der Waals surface area contributed by atoms with Gasteiger partial charge in [-0.15, -0.1) is 0 Å². The van der Waals surface area contributed by atoms with Crippen molar-refractivity contribution >= 4 is 5.91 Å². The lowest BCUT2D eigenvalue weighted by Gasteiger charge is -2.27. The van der Waals surface area contributed by atoms with Crippen LogP contribution >= 0.6 is 0 Å². The summed E-state index contributed by atoms with van der Waals surface area (Å²) in [5.74, 6) is 1.14. The zero-order chi connectivity index (χ0) is 29.1. The van der Waals surface area contributed by atoms with E-state index in [0.717, 1.165) is 33.7 Å². The molecule has 0 unspecified atom stereocenters. The Bertz CT molecular complexity index is 1330. The summed E-state index contributed by atoms with van der Waals surface area (Å²) < 4.78 is 7.81. The number of β-amino-alcohol motifs (C(OH)–C–C–N with tert-alkyl or cyclic N) is 1. The third-order valence-corrected chi connectivity index (χ3v) is 6.54. The van der Waals surface area contributed by atoms with Crippen molar-refractivity contribution in [2.45, 2.75) is 60.6 Å². The van der Waals surface area contributed by atoms with Crippen LogP contribution in [0.25, 0.3) is 22.4 Å². The summed E-state index contributed by atoms with van der Waals surface area (Å²) in [6.45, 7) is 14.2. The Labute approximate surface area is 238 Å². The van der Waals surface area contributed by atoms with Crippen molar-refractivity contribution in [3.63, 3.8) is 0 Å². The van der Waals surface area contributed by atoms with Crippen LogP contribution in [0.4, 0.5) is 0 Å². The number of hydrogen-bond acceptors (Lipinski definition) is 5. The number of fused-ring (bicyclic) bond motifs is 1. The van der Waals surface area contributed by atoms with Crippen LogP contribution in [0.2, 0.25) is 0 Å². The second-order valence-electron chi connectivity index (χ2n) is 9.26. The number of benzene rings is 2. The topological polar surface area (TPSA) is 80.5 Å². The molecule has 0 atom stereocenters. The van der Waals surface area contributed by atoms with E-state index in [9.17, 15) is 9.90 Å². The van der Waals surface area contributed by atoms with Crippen LogP contribution in [-0.4, -0.2) is 50.4 Å². The molecule has 3 heterocycles. The van der Waals surface area contributed by atoms with Gasteiger partial charge in [0, 0.05) is 36.6 Å². The minimum atomic E-state index is -0.122. The molecule has 0 fully saturated rings. The minimum Gasteiger partial charge on any atom is -0.489 e. The molecule has 7 heteroatoms. The number of carbonyl (C=O) groups is 1. The minimum absolute atomic E-state index is 0.0708. The third kappa shape index (κ3) is 6.96. The molecule has 1 aliphatic heterocycles. The molecule has 0 bridgehead atoms. The van der Waals surface area contributed by atoms with Crippen LogP contribution in [0.5, 0.6) is 5.75 Å². The molecular weight excluding hydrogens is 500 g/mol. The van der Waals surface area contributed by atoms with E-state index >= 15 is 0 Å². The first-order valence-electron chi connectivity index (χ1n) is 14.3. The number of nitrogens with zero attached hydrogens (tertiary/aromatic N) is 4. The smallest absolute Gasteiger partial charge is 0.272 e. The number of amides is 1. The summed E-state index contributed by atoms with van der Waals surface area (Å²) >= 11 is 0. The highest BCUT2D eigenvalue weighted by atomic mass is 16.5. The second-order valence-corrected chi connectivity index (χ2v) is 9.26. The van der Waals surface area contributed by atoms with Gasteiger partial charge < -0.3 is 14.7 Å². The van der Waals surface area contributed by atoms with Crippen molar-refractivity contribution in [1.82, 2.24) is 19.7 Å². The predicted molar refractivity (Wildman–Crippen MR) is 161 cm³/mol. The SMILES string of the molecule is CC.CC.CC(C)c1ccc(COc2ccc(-c3c(-c4ccncc4)nn4c3C(=O)N(CCO)CC4)cc2)cc1. The fourth-order valence-corrected chi connectivity index (χ4v) is 4.51. The van der Waals surface area contributed by atoms with Gasteiger partial charge in [0.15, 0.2) is 0 Å². The molecule has 2 aromatic heterocycles. The average molecular weight is 543 g/mol. The Hall–Kier alpha value is -3.97. The average Bonchev–Trinajstić information content (AvgIpc) is 3.41. The van der Waals surface area contributed by atoms with Crippen LogP contribution in [0, 0.1) is 0 Å². The van der Waals surface area contributed by atoms with Crippen LogP contribution in [-0.2, 0) is 13.2 Å². The van der Waals surface area contributed by atoms with Gasteiger partial charge in [-0.05, 0) is 46.9 Å². The third-order valence-electron chi connectivity index (χ3n) is 6.54. The highest BCUT2D eigenvalue weighted by Gasteiger charge is 2.32. The van der Waals surface area contributed by atoms with Crippen molar-refractivity contribution in [2.24, 2.45) is 0 Å². The fourth-order valence-electron chi connectivity index (χ4n) is 4.51. The molecular formula is C33H42N4O3. The van der Waals surface area contributed by atoms with Crippen LogP contribution < -0.4 is 4.74 Å². The summed E-state index contributed by atoms with van der Waals surface area (Å²) in [4.78, 5) is 19.2. The Balaban J connectivity index is 0.00000106. The van der Waals surface area contributed by atoms with E-state index in [1.165, 1.54) is 5.56 Å². The van der Waals surface area contributed by atoms with Crippen molar-refractivity contribution in [3.8, 4) is 28.1 Å². The van der Waals surface area contributed by atoms with Gasteiger partial charge in [-0.2, -0.15) is 5.10 Å². The van der Waals surface area contributed by atoms with Crippen LogP contribution in [0.15, 0.2) is 73.1 Å². The zero-order valence-corrected chi connectivity index (χ0v) is 24.6. The lowest BCUT2D eigenvalue weighted by Crippen LogP contribution is -2.42. The van der Waals surface area contributed by atoms with Gasteiger partial charge in [-0.25, -0.2) is 0 Å². The molecule has 0 spiro atoms. The molecule has 1 N–H and O–H groups in total. The highest BCUT2D eigenvalue weighted by Crippen LogP contribution is 2.37. The normalized spacial score (nSPS) is 12.2. The molecule has 0 saturated heterocycles. The van der Waals surface area contributed by atoms with E-state index in [2.05, 4.69) is 43.1 Å². The van der Waals surface area contributed by atoms with Crippen molar-refractivity contribution in [2.75, 3.05) is 19.7 Å². The first-order valence-corrected chi connectivity index (χ1v) is 14.3. The largest absolute Gasteiger partial charge is 0.489 e. The van der Waals surface area contributed by atoms with Crippen LogP contribution in [0.1, 0.15) is 69.1 Å². The molecule has 2 aromatic carbocycles. The van der Waals surface area contributed by atoms with Gasteiger partial charge in [0.2, 0.25) is 0 Å². The number of carbonyl (C=O) groups excluding carboxylic acids is 1. The lowest BCUT2D eigenvalue weighted by molar-refractivity contribution is 0.0662. The van der Waals surface area contributed by atoms with Crippen molar-refractivity contribution < 1.29 is 14.6 Å². The van der Waals surface area contributed by atoms with Gasteiger partial charge in [0.05, 0.1) is 13.2 Å². The maximum Gasteiger partial charge on any atom is 0.272 e. The number of hydrogen-bond donors (Lipinski definition) is 1. The molecule has 7 nitrogen and oxygen atoms in total. The number of aliphatic hydroxyl groups excluding tert-OH is 1. The summed E-state index contributed by atoms with van der Waals surface area (Å²) in [5.41, 5.74) is 6.27. The number of aromatic nitrogens is 3. The highest BCUT2D eigenvalue weighted by molar-refractivity contribution is 6.03. The summed E-state index contributed by atoms with van der Waals surface area (Å²) in [7, 11) is 0. The second kappa shape index (κ2) is 15.0. The van der Waals surface area contributed by atoms with Crippen LogP contribution in [0.3, 0.4) is 0 Å². The fraction of sp³-hybridized carbons (Fsp3) is 0.364. The van der Waals surface area contributed by atoms with Gasteiger partial charge in [0.25, 0.3) is 5.91 Å². The Morgan fingerprint density at radius 1 is 0.875 bits per heavy atom. The van der Waals surface area contributed by atoms with Gasteiger partial charge in [0.1, 0.15) is 23.7 Å². The van der Waals surface area contributed by atoms with Gasteiger partial charge in [-0.3, -0.25) is 14.5 Å². The van der Waals surface area contributed by atoms with Crippen molar-refractivity contribution in [3.05, 3.63) is 89.9 Å². The first kappa shape index (κ1) is 30.6. The van der Waals surface area contributed by atoms with E-state index in [1.807, 2.05) is 64.1 Å². The standard InChI is InChI=1S/C29H30N4O3.2C2H6/c1-20(2)22-5-3-21(4-6-22)19-36-25-9-7-23(8-10-25)26-27(24-11-13-30-14-12-24)31-33-16-15-32(17-18-34)29(35)28(26)33;2*1-2/h3-14,20,34H,15-19H2,1-2H3;2*1-2H3. The van der Waals surface area contributed by atoms with E-state index in [0.29, 0.717) is 37.9 Å². The maximum atomic E-state index is 13.4. The first-order chi connectivity index (χ1) is 19.5. The van der Waals surface area contributed by atoms with E-state index in [-0.39, 0.29) is 12.5 Å². The number of aliphatic hydroxyl groups is 1. The van der Waals surface area contributed by atoms with Crippen molar-refractivity contribution in [1.29, 1.82) is 0 Å². The number of rotatable bonds is 8. The predicted octanol–water partition coefficient (Wildman–Crippen LogP) is 6.82. The molecule has 4 aromatic rings. The van der Waals surface area contributed by atoms with E-state index < -0.39 is 0 Å². The number of pyridine rings is 1. The maximum absolute atomic E-state index is 13.4. The summed E-state index contributed by atoms with van der Waals surface area (Å²) in [6.07, 6.45) is 3.45. The molecule has 0 radical (unpaired) electrons. The lowest BCUT2D eigenvalue weighted by atomic mass is 9.98. The number of ether oxygens (including phenoxy) is 1. The molecule has 212 valence electrons. The summed E-state index contributed by atoms with van der Waals surface area (Å²) in [5, 5.41) is 14.2. The monoisotopic (exact) mass is 542 g/mol. The van der Waals surface area contributed by atoms with Gasteiger partial charge >= 0.3 is 0 Å². The molecule has 1 amide bonds. The van der Waals surface area contributed by atoms with E-state index in [1.54, 1.807) is 22.0 Å². The van der Waals surface area contributed by atoms with Gasteiger partial charge in [-0.1, -0.05) is 77.9 Å². The Morgan fingerprint density at radius 3 is 2.12 bits per heavy atom. The molecule has 0 aliphatic carbocycles. The summed E-state index contributed by atoms with van der Waals surface area (Å²) in [6, 6.07) is 20.1. The molecule has 1 aliphatic rings. The molecule has 0 saturated carbocycles. The Kier molecular flexibility index (Phi) is 11.5. The Morgan fingerprint density at radius 2 is 1.52 bits per heavy atom. The quantitative estimate of drug-likeness (QED) is 0.264. The van der Waals surface area contributed by atoms with E-state index in [4.69, 9.17) is 9.84 Å².